The van der Waals surface area contributed by atoms with Crippen LogP contribution in [0.5, 0.6) is 0 Å². The van der Waals surface area contributed by atoms with Gasteiger partial charge in [-0.15, -0.1) is 0 Å². The van der Waals surface area contributed by atoms with Crippen molar-refractivity contribution in [3.63, 3.8) is 0 Å². The molecule has 0 radical (unpaired) electrons. The first-order valence-electron chi connectivity index (χ1n) is 10.0. The van der Waals surface area contributed by atoms with Crippen LogP contribution in [0.4, 0.5) is 0 Å². The van der Waals surface area contributed by atoms with Crippen LogP contribution in [0.1, 0.15) is 50.4 Å². The summed E-state index contributed by atoms with van der Waals surface area (Å²) in [6, 6.07) is 16.9. The molecule has 0 spiro atoms. The van der Waals surface area contributed by atoms with E-state index in [1.165, 1.54) is 6.92 Å². The number of nitrogens with one attached hydrogen (secondary N) is 2. The number of hydrogen-bond donors (Lipinski definition) is 2. The molecule has 0 saturated carbocycles. The van der Waals surface area contributed by atoms with Gasteiger partial charge in [0.2, 0.25) is 11.8 Å². The Morgan fingerprint density at radius 2 is 1.62 bits per heavy atom. The van der Waals surface area contributed by atoms with Gasteiger partial charge >= 0.3 is 0 Å². The molecule has 0 heterocycles. The number of nitrogens with zero attached hydrogens (tertiary/aromatic N) is 1. The molecule has 2 amide bonds. The van der Waals surface area contributed by atoms with Gasteiger partial charge in [-0.3, -0.25) is 14.5 Å². The van der Waals surface area contributed by atoms with Gasteiger partial charge < -0.3 is 10.6 Å². The summed E-state index contributed by atoms with van der Waals surface area (Å²) in [5.74, 6) is -0.277. The number of amides is 2. The van der Waals surface area contributed by atoms with E-state index >= 15 is 0 Å². The Labute approximate surface area is 178 Å². The largest absolute Gasteiger partial charge is 0.354 e. The first kappa shape index (κ1) is 22.9. The van der Waals surface area contributed by atoms with Crippen molar-refractivity contribution in [2.45, 2.75) is 39.3 Å². The van der Waals surface area contributed by atoms with Crippen LogP contribution < -0.4 is 10.6 Å². The first-order chi connectivity index (χ1) is 14.0. The normalized spacial score (nSPS) is 13.0. The molecule has 156 valence electrons. The van der Waals surface area contributed by atoms with Crippen molar-refractivity contribution in [1.82, 2.24) is 15.5 Å². The second kappa shape index (κ2) is 11.6. The zero-order valence-corrected chi connectivity index (χ0v) is 18.1. The highest BCUT2D eigenvalue weighted by Crippen LogP contribution is 2.27. The van der Waals surface area contributed by atoms with Crippen molar-refractivity contribution < 1.29 is 9.59 Å². The molecule has 29 heavy (non-hydrogen) atoms. The van der Waals surface area contributed by atoms with Crippen LogP contribution >= 0.6 is 11.6 Å². The van der Waals surface area contributed by atoms with Crippen LogP contribution in [-0.2, 0) is 9.59 Å². The number of likely N-dealkylation sites (N-methyl/N-ethyl adjacent to an activating group) is 1. The van der Waals surface area contributed by atoms with Crippen LogP contribution in [0.25, 0.3) is 0 Å². The predicted octanol–water partition coefficient (Wildman–Crippen LogP) is 4.11. The molecule has 0 bridgehead atoms. The predicted molar refractivity (Wildman–Crippen MR) is 118 cm³/mol. The molecule has 0 unspecified atom stereocenters. The van der Waals surface area contributed by atoms with Crippen LogP contribution in [0.2, 0.25) is 5.02 Å². The van der Waals surface area contributed by atoms with Gasteiger partial charge in [0.25, 0.3) is 0 Å². The summed E-state index contributed by atoms with van der Waals surface area (Å²) in [6.45, 7) is 7.80. The minimum Gasteiger partial charge on any atom is -0.354 e. The van der Waals surface area contributed by atoms with Gasteiger partial charge in [-0.25, -0.2) is 0 Å². The molecule has 0 saturated heterocycles. The molecular weight excluding hydrogens is 386 g/mol. The van der Waals surface area contributed by atoms with E-state index in [9.17, 15) is 9.59 Å². The van der Waals surface area contributed by atoms with E-state index < -0.39 is 0 Å². The molecule has 2 atom stereocenters. The van der Waals surface area contributed by atoms with Gasteiger partial charge in [0, 0.05) is 18.5 Å². The Morgan fingerprint density at radius 1 is 1.00 bits per heavy atom. The summed E-state index contributed by atoms with van der Waals surface area (Å²) in [4.78, 5) is 26.6. The van der Waals surface area contributed by atoms with Crippen LogP contribution in [-0.4, -0.2) is 36.3 Å². The van der Waals surface area contributed by atoms with Gasteiger partial charge in [-0.1, -0.05) is 74.0 Å². The summed E-state index contributed by atoms with van der Waals surface area (Å²) in [5.41, 5.74) is 1.91. The van der Waals surface area contributed by atoms with Crippen molar-refractivity contribution in [1.29, 1.82) is 0 Å². The van der Waals surface area contributed by atoms with Gasteiger partial charge in [-0.05, 0) is 30.3 Å². The SMILES string of the molecule is CCN(CC)[C@@H](CNC(=O)C[C@@H](NC(C)=O)c1ccccc1)c1ccccc1Cl. The lowest BCUT2D eigenvalue weighted by Gasteiger charge is -2.31. The van der Waals surface area contributed by atoms with Gasteiger partial charge in [0.15, 0.2) is 0 Å². The third-order valence-electron chi connectivity index (χ3n) is 4.98. The number of carbonyl (C=O) groups is 2. The maximum atomic E-state index is 12.7. The van der Waals surface area contributed by atoms with E-state index in [0.29, 0.717) is 11.6 Å². The second-order valence-electron chi connectivity index (χ2n) is 6.93. The lowest BCUT2D eigenvalue weighted by Crippen LogP contribution is -2.39. The molecule has 2 N–H and O–H groups in total. The summed E-state index contributed by atoms with van der Waals surface area (Å²) in [5, 5.41) is 6.60. The maximum Gasteiger partial charge on any atom is 0.222 e. The number of halogens is 1. The standard InChI is InChI=1S/C23H30ClN3O2/c1-4-27(5-2)22(19-13-9-10-14-20(19)24)16-25-23(29)15-21(26-17(3)28)18-11-7-6-8-12-18/h6-14,21-22H,4-5,15-16H2,1-3H3,(H,25,29)(H,26,28)/t21-,22+/m1/s1. The molecule has 0 aliphatic carbocycles. The highest BCUT2D eigenvalue weighted by Gasteiger charge is 2.22. The second-order valence-corrected chi connectivity index (χ2v) is 7.34. The average Bonchev–Trinajstić information content (AvgIpc) is 2.71. The number of rotatable bonds is 10. The zero-order valence-electron chi connectivity index (χ0n) is 17.3. The number of carbonyl (C=O) groups excluding carboxylic acids is 2. The van der Waals surface area contributed by atoms with Crippen molar-refractivity contribution >= 4 is 23.4 Å². The molecule has 2 aromatic carbocycles. The summed E-state index contributed by atoms with van der Waals surface area (Å²) in [6.07, 6.45) is 0.178. The number of benzene rings is 2. The van der Waals surface area contributed by atoms with E-state index in [4.69, 9.17) is 11.6 Å². The monoisotopic (exact) mass is 415 g/mol. The van der Waals surface area contributed by atoms with Crippen molar-refractivity contribution in [2.24, 2.45) is 0 Å². The van der Waals surface area contributed by atoms with Crippen LogP contribution in [0.3, 0.4) is 0 Å². The van der Waals surface area contributed by atoms with Gasteiger partial charge in [0.05, 0.1) is 18.5 Å². The fourth-order valence-electron chi connectivity index (χ4n) is 3.50. The topological polar surface area (TPSA) is 61.4 Å². The number of hydrogen-bond acceptors (Lipinski definition) is 3. The quantitative estimate of drug-likeness (QED) is 0.614. The Hall–Kier alpha value is -2.37. The average molecular weight is 416 g/mol. The summed E-state index contributed by atoms with van der Waals surface area (Å²) in [7, 11) is 0. The van der Waals surface area contributed by atoms with Crippen LogP contribution in [0.15, 0.2) is 54.6 Å². The molecule has 0 aliphatic rings. The zero-order chi connectivity index (χ0) is 21.2. The van der Waals surface area contributed by atoms with E-state index in [1.807, 2.05) is 54.6 Å². The smallest absolute Gasteiger partial charge is 0.222 e. The molecule has 0 fully saturated rings. The molecule has 2 aromatic rings. The maximum absolute atomic E-state index is 12.7. The lowest BCUT2D eigenvalue weighted by molar-refractivity contribution is -0.123. The Morgan fingerprint density at radius 3 is 2.21 bits per heavy atom. The minimum absolute atomic E-state index is 0.0152. The molecule has 5 nitrogen and oxygen atoms in total. The van der Waals surface area contributed by atoms with Gasteiger partial charge in [-0.2, -0.15) is 0 Å². The third-order valence-corrected chi connectivity index (χ3v) is 5.32. The van der Waals surface area contributed by atoms with Gasteiger partial charge in [0.1, 0.15) is 0 Å². The fourth-order valence-corrected chi connectivity index (χ4v) is 3.76. The Kier molecular flexibility index (Phi) is 9.16. The summed E-state index contributed by atoms with van der Waals surface area (Å²) < 4.78 is 0. The van der Waals surface area contributed by atoms with E-state index in [0.717, 1.165) is 24.2 Å². The van der Waals surface area contributed by atoms with Crippen molar-refractivity contribution in [3.8, 4) is 0 Å². The molecule has 2 rings (SSSR count). The molecular formula is C23H30ClN3O2. The van der Waals surface area contributed by atoms with Crippen LogP contribution in [0, 0.1) is 0 Å². The fraction of sp³-hybridized carbons (Fsp3) is 0.391. The highest BCUT2D eigenvalue weighted by atomic mass is 35.5. The Bertz CT molecular complexity index is 794. The minimum atomic E-state index is -0.360. The van der Waals surface area contributed by atoms with E-state index in [2.05, 4.69) is 29.4 Å². The highest BCUT2D eigenvalue weighted by molar-refractivity contribution is 6.31. The lowest BCUT2D eigenvalue weighted by atomic mass is 10.0. The molecule has 0 aliphatic heterocycles. The third kappa shape index (κ3) is 6.87. The molecule has 0 aromatic heterocycles. The van der Waals surface area contributed by atoms with E-state index in [-0.39, 0.29) is 30.3 Å². The van der Waals surface area contributed by atoms with E-state index in [1.54, 1.807) is 0 Å². The summed E-state index contributed by atoms with van der Waals surface area (Å²) >= 11 is 6.43. The first-order valence-corrected chi connectivity index (χ1v) is 10.4. The van der Waals surface area contributed by atoms with Crippen molar-refractivity contribution in [2.75, 3.05) is 19.6 Å². The van der Waals surface area contributed by atoms with Crippen molar-refractivity contribution in [3.05, 3.63) is 70.7 Å². The Balaban J connectivity index is 2.10. The molecule has 6 heteroatoms.